The summed E-state index contributed by atoms with van der Waals surface area (Å²) in [7, 11) is 1.62. The van der Waals surface area contributed by atoms with Crippen molar-refractivity contribution in [3.05, 3.63) is 24.3 Å². The van der Waals surface area contributed by atoms with Gasteiger partial charge in [-0.3, -0.25) is 4.79 Å². The number of carbonyl (C=O) groups excluding carboxylic acids is 1. The fourth-order valence-corrected chi connectivity index (χ4v) is 3.50. The van der Waals surface area contributed by atoms with Gasteiger partial charge in [0.1, 0.15) is 5.75 Å². The molecule has 4 nitrogen and oxygen atoms in total. The zero-order chi connectivity index (χ0) is 14.3. The molecule has 0 aromatic heterocycles. The Bertz CT molecular complexity index is 503. The molecule has 1 aliphatic heterocycles. The van der Waals surface area contributed by atoms with Gasteiger partial charge in [0.2, 0.25) is 0 Å². The highest BCUT2D eigenvalue weighted by molar-refractivity contribution is 6.06. The molecule has 20 heavy (non-hydrogen) atoms. The lowest BCUT2D eigenvalue weighted by atomic mass is 9.67. The van der Waals surface area contributed by atoms with Crippen molar-refractivity contribution >= 4 is 11.6 Å². The molecule has 108 valence electrons. The number of ether oxygens (including phenoxy) is 1. The highest BCUT2D eigenvalue weighted by Gasteiger charge is 2.60. The van der Waals surface area contributed by atoms with E-state index in [-0.39, 0.29) is 11.4 Å². The minimum Gasteiger partial charge on any atom is -0.497 e. The highest BCUT2D eigenvalue weighted by Crippen LogP contribution is 2.48. The van der Waals surface area contributed by atoms with Gasteiger partial charge in [0, 0.05) is 5.69 Å². The van der Waals surface area contributed by atoms with E-state index in [0.717, 1.165) is 37.1 Å². The third-order valence-electron chi connectivity index (χ3n) is 4.88. The van der Waals surface area contributed by atoms with Crippen molar-refractivity contribution in [3.63, 3.8) is 0 Å². The van der Waals surface area contributed by atoms with Crippen LogP contribution in [0, 0.1) is 5.92 Å². The molecule has 1 aromatic rings. The van der Waals surface area contributed by atoms with E-state index in [1.54, 1.807) is 12.0 Å². The number of amides is 1. The van der Waals surface area contributed by atoms with E-state index < -0.39 is 6.10 Å². The highest BCUT2D eigenvalue weighted by atomic mass is 16.5. The summed E-state index contributed by atoms with van der Waals surface area (Å²) in [5.41, 5.74) is 0.480. The van der Waals surface area contributed by atoms with Crippen molar-refractivity contribution in [3.8, 4) is 5.75 Å². The van der Waals surface area contributed by atoms with E-state index in [1.165, 1.54) is 0 Å². The van der Waals surface area contributed by atoms with Gasteiger partial charge >= 0.3 is 0 Å². The van der Waals surface area contributed by atoms with Crippen molar-refractivity contribution in [2.45, 2.75) is 44.2 Å². The second-order valence-electron chi connectivity index (χ2n) is 6.06. The first-order valence-corrected chi connectivity index (χ1v) is 7.25. The predicted molar refractivity (Wildman–Crippen MR) is 76.8 cm³/mol. The Hall–Kier alpha value is -1.55. The predicted octanol–water partition coefficient (Wildman–Crippen LogP) is 2.35. The van der Waals surface area contributed by atoms with Gasteiger partial charge in [-0.1, -0.05) is 6.92 Å². The molecule has 4 heteroatoms. The third-order valence-corrected chi connectivity index (χ3v) is 4.88. The van der Waals surface area contributed by atoms with Gasteiger partial charge in [0.05, 0.1) is 12.6 Å². The summed E-state index contributed by atoms with van der Waals surface area (Å²) in [6.45, 7) is 2.23. The van der Waals surface area contributed by atoms with Crippen molar-refractivity contribution in [2.24, 2.45) is 5.92 Å². The Balaban J connectivity index is 1.88. The van der Waals surface area contributed by atoms with Crippen LogP contribution in [-0.4, -0.2) is 29.8 Å². The van der Waals surface area contributed by atoms with Crippen LogP contribution in [0.1, 0.15) is 32.6 Å². The number of carbonyl (C=O) groups is 1. The van der Waals surface area contributed by atoms with Gasteiger partial charge in [0.25, 0.3) is 5.91 Å². The Morgan fingerprint density at radius 3 is 2.40 bits per heavy atom. The van der Waals surface area contributed by atoms with Crippen LogP contribution in [0.15, 0.2) is 24.3 Å². The van der Waals surface area contributed by atoms with Crippen molar-refractivity contribution in [1.29, 1.82) is 0 Å². The molecule has 0 bridgehead atoms. The Morgan fingerprint density at radius 2 is 1.85 bits per heavy atom. The molecule has 1 aromatic carbocycles. The average Bonchev–Trinajstić information content (AvgIpc) is 2.49. The molecule has 1 saturated heterocycles. The second-order valence-corrected chi connectivity index (χ2v) is 6.06. The lowest BCUT2D eigenvalue weighted by molar-refractivity contribution is -0.146. The zero-order valence-electron chi connectivity index (χ0n) is 12.0. The molecule has 1 N–H and O–H groups in total. The number of rotatable bonds is 2. The Labute approximate surface area is 119 Å². The topological polar surface area (TPSA) is 49.8 Å². The van der Waals surface area contributed by atoms with Crippen LogP contribution in [-0.2, 0) is 4.79 Å². The Kier molecular flexibility index (Phi) is 3.21. The molecule has 1 aliphatic carbocycles. The number of aliphatic hydroxyl groups is 1. The lowest BCUT2D eigenvalue weighted by Gasteiger charge is -2.58. The zero-order valence-corrected chi connectivity index (χ0v) is 12.0. The van der Waals surface area contributed by atoms with E-state index in [0.29, 0.717) is 5.92 Å². The number of methoxy groups -OCH3 is 1. The maximum absolute atomic E-state index is 12.1. The van der Waals surface area contributed by atoms with E-state index in [9.17, 15) is 9.90 Å². The molecule has 1 spiro atoms. The van der Waals surface area contributed by atoms with E-state index in [2.05, 4.69) is 6.92 Å². The van der Waals surface area contributed by atoms with Crippen LogP contribution >= 0.6 is 0 Å². The molecular weight excluding hydrogens is 254 g/mol. The molecule has 1 amide bonds. The largest absolute Gasteiger partial charge is 0.497 e. The number of benzene rings is 1. The maximum Gasteiger partial charge on any atom is 0.258 e. The lowest BCUT2D eigenvalue weighted by Crippen LogP contribution is -2.75. The summed E-state index contributed by atoms with van der Waals surface area (Å²) in [5.74, 6) is 1.28. The maximum atomic E-state index is 12.1. The Morgan fingerprint density at radius 1 is 1.25 bits per heavy atom. The van der Waals surface area contributed by atoms with Gasteiger partial charge in [-0.15, -0.1) is 0 Å². The van der Waals surface area contributed by atoms with Gasteiger partial charge in [-0.2, -0.15) is 0 Å². The average molecular weight is 275 g/mol. The van der Waals surface area contributed by atoms with E-state index in [4.69, 9.17) is 4.74 Å². The first-order valence-electron chi connectivity index (χ1n) is 7.25. The molecule has 0 unspecified atom stereocenters. The monoisotopic (exact) mass is 275 g/mol. The minimum absolute atomic E-state index is 0.176. The first-order chi connectivity index (χ1) is 9.58. The van der Waals surface area contributed by atoms with E-state index >= 15 is 0 Å². The van der Waals surface area contributed by atoms with E-state index in [1.807, 2.05) is 24.3 Å². The van der Waals surface area contributed by atoms with Gasteiger partial charge in [-0.25, -0.2) is 0 Å². The normalized spacial score (nSPS) is 33.1. The molecule has 1 saturated carbocycles. The van der Waals surface area contributed by atoms with Crippen LogP contribution in [0.4, 0.5) is 5.69 Å². The number of hydrogen-bond acceptors (Lipinski definition) is 3. The molecule has 0 radical (unpaired) electrons. The third kappa shape index (κ3) is 1.82. The molecule has 1 heterocycles. The summed E-state index contributed by atoms with van der Waals surface area (Å²) in [5, 5.41) is 10.2. The molecule has 2 aliphatic rings. The van der Waals surface area contributed by atoms with Crippen LogP contribution in [0.5, 0.6) is 5.75 Å². The van der Waals surface area contributed by atoms with Crippen molar-refractivity contribution in [2.75, 3.05) is 12.0 Å². The van der Waals surface area contributed by atoms with Crippen LogP contribution < -0.4 is 9.64 Å². The molecule has 3 rings (SSSR count). The van der Waals surface area contributed by atoms with Crippen molar-refractivity contribution in [1.82, 2.24) is 0 Å². The number of aliphatic hydroxyl groups excluding tert-OH is 1. The van der Waals surface area contributed by atoms with Crippen LogP contribution in [0.25, 0.3) is 0 Å². The second kappa shape index (κ2) is 4.77. The number of β-lactam (4-membered cyclic amide) rings is 1. The summed E-state index contributed by atoms with van der Waals surface area (Å²) in [6, 6.07) is 7.49. The first kappa shape index (κ1) is 13.4. The molecule has 2 fully saturated rings. The van der Waals surface area contributed by atoms with Crippen LogP contribution in [0.2, 0.25) is 0 Å². The summed E-state index contributed by atoms with van der Waals surface area (Å²) in [4.78, 5) is 13.9. The summed E-state index contributed by atoms with van der Waals surface area (Å²) >= 11 is 0. The van der Waals surface area contributed by atoms with Gasteiger partial charge in [0.15, 0.2) is 6.10 Å². The molecule has 1 atom stereocenters. The summed E-state index contributed by atoms with van der Waals surface area (Å²) < 4.78 is 5.15. The fourth-order valence-electron chi connectivity index (χ4n) is 3.50. The standard InChI is InChI=1S/C16H21NO3/c1-11-7-9-16(10-8-11)14(18)15(19)17(16)12-3-5-13(20-2)6-4-12/h3-6,11,14,18H,7-10H2,1-2H3/t11?,14-,16?/m1/s1. The smallest absolute Gasteiger partial charge is 0.258 e. The minimum atomic E-state index is -0.836. The number of hydrogen-bond donors (Lipinski definition) is 1. The number of nitrogens with zero attached hydrogens (tertiary/aromatic N) is 1. The van der Waals surface area contributed by atoms with Gasteiger partial charge in [-0.05, 0) is 55.9 Å². The van der Waals surface area contributed by atoms with Crippen molar-refractivity contribution < 1.29 is 14.6 Å². The quantitative estimate of drug-likeness (QED) is 0.843. The number of anilines is 1. The fraction of sp³-hybridized carbons (Fsp3) is 0.562. The summed E-state index contributed by atoms with van der Waals surface area (Å²) in [6.07, 6.45) is 3.06. The molecular formula is C16H21NO3. The van der Waals surface area contributed by atoms with Gasteiger partial charge < -0.3 is 14.7 Å². The SMILES string of the molecule is COc1ccc(N2C(=O)[C@@H](O)C23CCC(C)CC3)cc1. The van der Waals surface area contributed by atoms with Crippen LogP contribution in [0.3, 0.4) is 0 Å².